The van der Waals surface area contributed by atoms with E-state index in [0.717, 1.165) is 36.8 Å². The summed E-state index contributed by atoms with van der Waals surface area (Å²) in [6.45, 7) is 3.86. The molecule has 0 atom stereocenters. The zero-order chi connectivity index (χ0) is 13.1. The molecule has 1 aromatic carbocycles. The molecule has 1 aromatic rings. The van der Waals surface area contributed by atoms with Crippen LogP contribution >= 0.6 is 0 Å². The Bertz CT molecular complexity index is 448. The van der Waals surface area contributed by atoms with Crippen LogP contribution in [0, 0.1) is 13.8 Å². The molecule has 0 radical (unpaired) electrons. The van der Waals surface area contributed by atoms with Gasteiger partial charge in [-0.15, -0.1) is 0 Å². The lowest BCUT2D eigenvalue weighted by Gasteiger charge is -2.22. The fourth-order valence-corrected chi connectivity index (χ4v) is 2.49. The molecule has 1 aliphatic carbocycles. The number of nitrogen functional groups attached to an aromatic ring is 1. The van der Waals surface area contributed by atoms with Crippen molar-refractivity contribution < 1.29 is 9.53 Å². The summed E-state index contributed by atoms with van der Waals surface area (Å²) >= 11 is 0. The third kappa shape index (κ3) is 2.84. The monoisotopic (exact) mass is 247 g/mol. The van der Waals surface area contributed by atoms with E-state index in [4.69, 9.17) is 10.5 Å². The highest BCUT2D eigenvalue weighted by atomic mass is 16.5. The van der Waals surface area contributed by atoms with Crippen LogP contribution in [0.4, 0.5) is 5.69 Å². The lowest BCUT2D eigenvalue weighted by atomic mass is 9.97. The van der Waals surface area contributed by atoms with Crippen molar-refractivity contribution in [2.45, 2.75) is 52.1 Å². The third-order valence-corrected chi connectivity index (χ3v) is 3.66. The van der Waals surface area contributed by atoms with Gasteiger partial charge in [-0.25, -0.2) is 4.79 Å². The van der Waals surface area contributed by atoms with Gasteiger partial charge < -0.3 is 10.5 Å². The molecular weight excluding hydrogens is 226 g/mol. The van der Waals surface area contributed by atoms with Crippen molar-refractivity contribution in [2.24, 2.45) is 0 Å². The van der Waals surface area contributed by atoms with Crippen LogP contribution in [0.25, 0.3) is 0 Å². The highest BCUT2D eigenvalue weighted by molar-refractivity contribution is 5.92. The van der Waals surface area contributed by atoms with Crippen molar-refractivity contribution in [3.63, 3.8) is 0 Å². The summed E-state index contributed by atoms with van der Waals surface area (Å²) in [6, 6.07) is 3.67. The van der Waals surface area contributed by atoms with E-state index in [2.05, 4.69) is 0 Å². The Morgan fingerprint density at radius 1 is 1.17 bits per heavy atom. The van der Waals surface area contributed by atoms with Gasteiger partial charge >= 0.3 is 5.97 Å². The third-order valence-electron chi connectivity index (χ3n) is 3.66. The maximum absolute atomic E-state index is 12.1. The van der Waals surface area contributed by atoms with Gasteiger partial charge in [0.05, 0.1) is 5.56 Å². The van der Waals surface area contributed by atoms with E-state index >= 15 is 0 Å². The molecule has 3 nitrogen and oxygen atoms in total. The van der Waals surface area contributed by atoms with E-state index in [-0.39, 0.29) is 12.1 Å². The van der Waals surface area contributed by atoms with Gasteiger partial charge in [0, 0.05) is 5.69 Å². The first kappa shape index (κ1) is 12.9. The smallest absolute Gasteiger partial charge is 0.338 e. The number of rotatable bonds is 2. The van der Waals surface area contributed by atoms with Gasteiger partial charge in [-0.2, -0.15) is 0 Å². The molecular formula is C15H21NO2. The van der Waals surface area contributed by atoms with Crippen molar-refractivity contribution in [3.05, 3.63) is 28.8 Å². The van der Waals surface area contributed by atoms with Crippen LogP contribution in [0.15, 0.2) is 12.1 Å². The maximum atomic E-state index is 12.1. The normalized spacial score (nSPS) is 16.6. The van der Waals surface area contributed by atoms with Crippen LogP contribution in [-0.2, 0) is 4.74 Å². The molecule has 1 saturated carbocycles. The summed E-state index contributed by atoms with van der Waals surface area (Å²) in [4.78, 5) is 12.1. The molecule has 0 spiro atoms. The Kier molecular flexibility index (Phi) is 3.90. The van der Waals surface area contributed by atoms with E-state index in [9.17, 15) is 4.79 Å². The molecule has 0 bridgehead atoms. The summed E-state index contributed by atoms with van der Waals surface area (Å²) < 4.78 is 5.56. The van der Waals surface area contributed by atoms with E-state index in [1.54, 1.807) is 6.07 Å². The number of carbonyl (C=O) groups is 1. The average Bonchev–Trinajstić information content (AvgIpc) is 2.35. The predicted molar refractivity (Wildman–Crippen MR) is 72.6 cm³/mol. The van der Waals surface area contributed by atoms with Crippen LogP contribution in [0.1, 0.15) is 53.6 Å². The number of nitrogens with two attached hydrogens (primary N) is 1. The second kappa shape index (κ2) is 5.42. The first-order valence-electron chi connectivity index (χ1n) is 6.65. The van der Waals surface area contributed by atoms with Crippen LogP contribution in [0.5, 0.6) is 0 Å². The number of carbonyl (C=O) groups excluding carboxylic acids is 1. The van der Waals surface area contributed by atoms with Gasteiger partial charge in [0.2, 0.25) is 0 Å². The van der Waals surface area contributed by atoms with Gasteiger partial charge in [0.25, 0.3) is 0 Å². The van der Waals surface area contributed by atoms with Crippen LogP contribution in [0.2, 0.25) is 0 Å². The molecule has 0 unspecified atom stereocenters. The Morgan fingerprint density at radius 3 is 2.50 bits per heavy atom. The van der Waals surface area contributed by atoms with Crippen LogP contribution in [0.3, 0.4) is 0 Å². The van der Waals surface area contributed by atoms with Crippen molar-refractivity contribution in [1.29, 1.82) is 0 Å². The Hall–Kier alpha value is -1.51. The largest absolute Gasteiger partial charge is 0.459 e. The Labute approximate surface area is 108 Å². The second-order valence-corrected chi connectivity index (χ2v) is 5.19. The topological polar surface area (TPSA) is 52.3 Å². The number of aryl methyl sites for hydroxylation is 2. The average molecular weight is 247 g/mol. The molecule has 0 aromatic heterocycles. The minimum Gasteiger partial charge on any atom is -0.459 e. The van der Waals surface area contributed by atoms with Gasteiger partial charge in [-0.05, 0) is 56.7 Å². The molecule has 1 aliphatic rings. The lowest BCUT2D eigenvalue weighted by Crippen LogP contribution is -2.21. The minimum atomic E-state index is -0.230. The zero-order valence-electron chi connectivity index (χ0n) is 11.2. The molecule has 3 heteroatoms. The highest BCUT2D eigenvalue weighted by Gasteiger charge is 2.20. The van der Waals surface area contributed by atoms with Gasteiger partial charge in [0.1, 0.15) is 6.10 Å². The second-order valence-electron chi connectivity index (χ2n) is 5.19. The standard InChI is InChI=1S/C15H21NO2/c1-10-8-11(2)14(16)9-13(10)15(17)18-12-6-4-3-5-7-12/h8-9,12H,3-7,16H2,1-2H3. The van der Waals surface area contributed by atoms with Gasteiger partial charge in [-0.3, -0.25) is 0 Å². The maximum Gasteiger partial charge on any atom is 0.338 e. The molecule has 0 aliphatic heterocycles. The van der Waals surface area contributed by atoms with E-state index < -0.39 is 0 Å². The molecule has 2 N–H and O–H groups in total. The van der Waals surface area contributed by atoms with Crippen LogP contribution in [-0.4, -0.2) is 12.1 Å². The SMILES string of the molecule is Cc1cc(C)c(C(=O)OC2CCCCC2)cc1N. The van der Waals surface area contributed by atoms with Crippen molar-refractivity contribution in [3.8, 4) is 0 Å². The number of anilines is 1. The Balaban J connectivity index is 2.10. The number of hydrogen-bond acceptors (Lipinski definition) is 3. The molecule has 18 heavy (non-hydrogen) atoms. The molecule has 0 saturated heterocycles. The summed E-state index contributed by atoms with van der Waals surface area (Å²) in [6.07, 6.45) is 5.65. The van der Waals surface area contributed by atoms with Crippen LogP contribution < -0.4 is 5.73 Å². The lowest BCUT2D eigenvalue weighted by molar-refractivity contribution is 0.0210. The van der Waals surface area contributed by atoms with Crippen molar-refractivity contribution in [2.75, 3.05) is 5.73 Å². The summed E-state index contributed by atoms with van der Waals surface area (Å²) in [7, 11) is 0. The predicted octanol–water partition coefficient (Wildman–Crippen LogP) is 3.38. The van der Waals surface area contributed by atoms with E-state index in [0.29, 0.717) is 11.3 Å². The number of benzene rings is 1. The first-order chi connectivity index (χ1) is 8.58. The van der Waals surface area contributed by atoms with Gasteiger partial charge in [0.15, 0.2) is 0 Å². The number of ether oxygens (including phenoxy) is 1. The Morgan fingerprint density at radius 2 is 1.83 bits per heavy atom. The molecule has 0 heterocycles. The fraction of sp³-hybridized carbons (Fsp3) is 0.533. The van der Waals surface area contributed by atoms with E-state index in [1.165, 1.54) is 6.42 Å². The summed E-state index contributed by atoms with van der Waals surface area (Å²) in [5, 5.41) is 0. The fourth-order valence-electron chi connectivity index (χ4n) is 2.49. The molecule has 1 fully saturated rings. The molecule has 98 valence electrons. The zero-order valence-corrected chi connectivity index (χ0v) is 11.2. The quantitative estimate of drug-likeness (QED) is 0.644. The minimum absolute atomic E-state index is 0.0909. The summed E-state index contributed by atoms with van der Waals surface area (Å²) in [5.74, 6) is -0.230. The highest BCUT2D eigenvalue weighted by Crippen LogP contribution is 2.23. The van der Waals surface area contributed by atoms with Gasteiger partial charge in [-0.1, -0.05) is 12.5 Å². The van der Waals surface area contributed by atoms with E-state index in [1.807, 2.05) is 19.9 Å². The molecule has 0 amide bonds. The number of esters is 1. The number of hydrogen-bond donors (Lipinski definition) is 1. The molecule has 2 rings (SSSR count). The first-order valence-corrected chi connectivity index (χ1v) is 6.65. The van der Waals surface area contributed by atoms with Crippen molar-refractivity contribution in [1.82, 2.24) is 0 Å². The van der Waals surface area contributed by atoms with Crippen molar-refractivity contribution >= 4 is 11.7 Å². The summed E-state index contributed by atoms with van der Waals surface area (Å²) in [5.41, 5.74) is 9.04.